The highest BCUT2D eigenvalue weighted by Crippen LogP contribution is 2.33. The van der Waals surface area contributed by atoms with Crippen LogP contribution in [0.5, 0.6) is 0 Å². The first-order chi connectivity index (χ1) is 9.34. The van der Waals surface area contributed by atoms with E-state index in [0.717, 1.165) is 25.0 Å². The van der Waals surface area contributed by atoms with E-state index in [4.69, 9.17) is 5.26 Å². The minimum Gasteiger partial charge on any atom is -0.198 e. The summed E-state index contributed by atoms with van der Waals surface area (Å²) in [5.74, 6) is 1.08. The lowest BCUT2D eigenvalue weighted by molar-refractivity contribution is 0.310. The van der Waals surface area contributed by atoms with Crippen molar-refractivity contribution in [3.8, 4) is 6.07 Å². The molecule has 0 amide bonds. The normalized spacial score (nSPS) is 25.1. The van der Waals surface area contributed by atoms with E-state index >= 15 is 0 Å². The molecule has 0 aliphatic heterocycles. The van der Waals surface area contributed by atoms with Gasteiger partial charge in [-0.25, -0.2) is 0 Å². The molecular weight excluding hydrogens is 294 g/mol. The molecule has 116 valence electrons. The zero-order valence-corrected chi connectivity index (χ0v) is 14.4. The Bertz CT molecular complexity index is 447. The van der Waals surface area contributed by atoms with E-state index in [2.05, 4.69) is 6.92 Å². The molecule has 0 aromatic rings. The lowest BCUT2D eigenvalue weighted by Crippen LogP contribution is -2.47. The summed E-state index contributed by atoms with van der Waals surface area (Å²) in [5, 5.41) is 9.28. The van der Waals surface area contributed by atoms with Gasteiger partial charge in [0.05, 0.1) is 12.5 Å². The zero-order chi connectivity index (χ0) is 15.3. The zero-order valence-electron chi connectivity index (χ0n) is 12.7. The average molecular weight is 319 g/mol. The van der Waals surface area contributed by atoms with Gasteiger partial charge >= 0.3 is 0 Å². The van der Waals surface area contributed by atoms with Gasteiger partial charge in [-0.1, -0.05) is 6.92 Å². The lowest BCUT2D eigenvalue weighted by Gasteiger charge is -2.31. The summed E-state index contributed by atoms with van der Waals surface area (Å²) in [7, 11) is -0.258. The molecular formula is C13H25N3O2S2. The Hall–Kier alpha value is -0.290. The molecule has 1 fully saturated rings. The van der Waals surface area contributed by atoms with Gasteiger partial charge in [-0.05, 0) is 31.9 Å². The monoisotopic (exact) mass is 319 g/mol. The summed E-state index contributed by atoms with van der Waals surface area (Å²) in [6, 6.07) is 1.81. The van der Waals surface area contributed by atoms with Gasteiger partial charge in [-0.15, -0.1) is 0 Å². The Labute approximate surface area is 127 Å². The molecule has 3 atom stereocenters. The molecule has 0 saturated heterocycles. The largest absolute Gasteiger partial charge is 0.281 e. The van der Waals surface area contributed by atoms with Crippen molar-refractivity contribution >= 4 is 22.0 Å². The molecule has 1 saturated carbocycles. The van der Waals surface area contributed by atoms with Gasteiger partial charge in [-0.2, -0.15) is 34.1 Å². The van der Waals surface area contributed by atoms with Crippen LogP contribution < -0.4 is 0 Å². The van der Waals surface area contributed by atoms with Crippen LogP contribution in [0.3, 0.4) is 0 Å². The molecule has 0 bridgehead atoms. The van der Waals surface area contributed by atoms with Gasteiger partial charge in [0.1, 0.15) is 0 Å². The fourth-order valence-corrected chi connectivity index (χ4v) is 5.15. The third-order valence-electron chi connectivity index (χ3n) is 4.01. The highest BCUT2D eigenvalue weighted by molar-refractivity contribution is 7.99. The second-order valence-electron chi connectivity index (χ2n) is 5.30. The molecule has 1 rings (SSSR count). The Morgan fingerprint density at radius 3 is 2.60 bits per heavy atom. The van der Waals surface area contributed by atoms with Gasteiger partial charge in [0, 0.05) is 31.4 Å². The van der Waals surface area contributed by atoms with E-state index < -0.39 is 10.2 Å². The van der Waals surface area contributed by atoms with Gasteiger partial charge in [0.25, 0.3) is 10.2 Å². The van der Waals surface area contributed by atoms with E-state index in [1.807, 2.05) is 17.8 Å². The van der Waals surface area contributed by atoms with E-state index in [1.165, 1.54) is 8.61 Å². The first-order valence-electron chi connectivity index (χ1n) is 7.04. The molecule has 0 spiro atoms. The topological polar surface area (TPSA) is 64.4 Å². The third-order valence-corrected chi connectivity index (χ3v) is 7.36. The number of rotatable bonds is 7. The molecule has 0 aromatic heterocycles. The predicted octanol–water partition coefficient (Wildman–Crippen LogP) is 2.07. The number of nitrogens with zero attached hydrogens (tertiary/aromatic N) is 3. The van der Waals surface area contributed by atoms with Crippen LogP contribution in [0.2, 0.25) is 0 Å². The van der Waals surface area contributed by atoms with E-state index in [-0.39, 0.29) is 18.5 Å². The van der Waals surface area contributed by atoms with Gasteiger partial charge < -0.3 is 0 Å². The molecule has 20 heavy (non-hydrogen) atoms. The van der Waals surface area contributed by atoms with Crippen molar-refractivity contribution in [1.82, 2.24) is 8.61 Å². The minimum absolute atomic E-state index is 0.0841. The van der Waals surface area contributed by atoms with Gasteiger partial charge in [-0.3, -0.25) is 0 Å². The maximum atomic E-state index is 12.5. The van der Waals surface area contributed by atoms with Crippen LogP contribution in [0, 0.1) is 11.3 Å². The smallest absolute Gasteiger partial charge is 0.198 e. The maximum absolute atomic E-state index is 12.5. The van der Waals surface area contributed by atoms with Crippen LogP contribution >= 0.6 is 11.8 Å². The first-order valence-corrected chi connectivity index (χ1v) is 9.48. The molecule has 1 aliphatic carbocycles. The predicted molar refractivity (Wildman–Crippen MR) is 83.7 cm³/mol. The molecule has 0 heterocycles. The number of nitriles is 1. The van der Waals surface area contributed by atoms with Crippen molar-refractivity contribution in [2.75, 3.05) is 19.8 Å². The molecule has 0 N–H and O–H groups in total. The van der Waals surface area contributed by atoms with Crippen molar-refractivity contribution < 1.29 is 8.42 Å². The average Bonchev–Trinajstić information content (AvgIpc) is 2.86. The van der Waals surface area contributed by atoms with Gasteiger partial charge in [0.15, 0.2) is 0 Å². The molecule has 7 heteroatoms. The van der Waals surface area contributed by atoms with Crippen LogP contribution in [0.15, 0.2) is 0 Å². The van der Waals surface area contributed by atoms with Crippen molar-refractivity contribution in [2.24, 2.45) is 0 Å². The van der Waals surface area contributed by atoms with Crippen molar-refractivity contribution in [3.63, 3.8) is 0 Å². The van der Waals surface area contributed by atoms with E-state index in [9.17, 15) is 8.42 Å². The number of hydrogen-bond donors (Lipinski definition) is 0. The Balaban J connectivity index is 2.71. The highest BCUT2D eigenvalue weighted by Gasteiger charge is 2.36. The molecule has 0 aromatic carbocycles. The Kier molecular flexibility index (Phi) is 6.79. The summed E-state index contributed by atoms with van der Waals surface area (Å²) in [5.41, 5.74) is 0. The second kappa shape index (κ2) is 7.64. The Morgan fingerprint density at radius 1 is 1.40 bits per heavy atom. The molecule has 0 unspecified atom stereocenters. The quantitative estimate of drug-likeness (QED) is 0.720. The van der Waals surface area contributed by atoms with Gasteiger partial charge in [0.2, 0.25) is 0 Å². The standard InChI is InChI=1S/C13H25N3O2S2/c1-5-19-13-7-6-12(10-13)16(4)20(17,18)15(3)11(2)8-9-14/h11-13H,5-8,10H2,1-4H3/t11-,12-,13-/m1/s1. The lowest BCUT2D eigenvalue weighted by atomic mass is 10.3. The molecule has 0 radical (unpaired) electrons. The Morgan fingerprint density at radius 2 is 2.05 bits per heavy atom. The molecule has 1 aliphatic rings. The summed E-state index contributed by atoms with van der Waals surface area (Å²) >= 11 is 1.92. The fourth-order valence-electron chi connectivity index (χ4n) is 2.51. The summed E-state index contributed by atoms with van der Waals surface area (Å²) < 4.78 is 27.9. The van der Waals surface area contributed by atoms with Crippen molar-refractivity contribution in [1.29, 1.82) is 5.26 Å². The minimum atomic E-state index is -3.48. The van der Waals surface area contributed by atoms with Crippen LogP contribution in [0.1, 0.15) is 39.5 Å². The highest BCUT2D eigenvalue weighted by atomic mass is 32.2. The van der Waals surface area contributed by atoms with Crippen molar-refractivity contribution in [3.05, 3.63) is 0 Å². The second-order valence-corrected chi connectivity index (χ2v) is 8.92. The van der Waals surface area contributed by atoms with Crippen molar-refractivity contribution in [2.45, 2.75) is 56.9 Å². The summed E-state index contributed by atoms with van der Waals surface area (Å²) in [6.07, 6.45) is 3.14. The van der Waals surface area contributed by atoms with Crippen LogP contribution in [-0.4, -0.2) is 54.2 Å². The van der Waals surface area contributed by atoms with Crippen LogP contribution in [0.4, 0.5) is 0 Å². The van der Waals surface area contributed by atoms with Crippen LogP contribution in [0.25, 0.3) is 0 Å². The molecule has 5 nitrogen and oxygen atoms in total. The third kappa shape index (κ3) is 4.10. The SMILES string of the molecule is CCS[C@@H]1CC[C@@H](N(C)S(=O)(=O)N(C)[C@H](C)CC#N)C1. The maximum Gasteiger partial charge on any atom is 0.281 e. The summed E-state index contributed by atoms with van der Waals surface area (Å²) in [6.45, 7) is 3.90. The summed E-state index contributed by atoms with van der Waals surface area (Å²) in [4.78, 5) is 0. The van der Waals surface area contributed by atoms with E-state index in [1.54, 1.807) is 21.0 Å². The first kappa shape index (κ1) is 17.8. The number of hydrogen-bond acceptors (Lipinski definition) is 4. The fraction of sp³-hybridized carbons (Fsp3) is 0.923. The van der Waals surface area contributed by atoms with E-state index in [0.29, 0.717) is 5.25 Å². The number of thioether (sulfide) groups is 1. The van der Waals surface area contributed by atoms with Crippen LogP contribution in [-0.2, 0) is 10.2 Å².